The van der Waals surface area contributed by atoms with E-state index in [0.717, 1.165) is 43.4 Å². The van der Waals surface area contributed by atoms with E-state index >= 15 is 0 Å². The highest BCUT2D eigenvalue weighted by Gasteiger charge is 2.16. The molecule has 0 spiro atoms. The Labute approximate surface area is 117 Å². The van der Waals surface area contributed by atoms with Crippen LogP contribution >= 0.6 is 0 Å². The van der Waals surface area contributed by atoms with Crippen LogP contribution < -0.4 is 5.32 Å². The maximum absolute atomic E-state index is 5.85. The maximum atomic E-state index is 5.85. The average molecular weight is 264 g/mol. The molecule has 0 atom stereocenters. The first-order valence-corrected chi connectivity index (χ1v) is 7.91. The lowest BCUT2D eigenvalue weighted by Gasteiger charge is -2.19. The van der Waals surface area contributed by atoms with Crippen molar-refractivity contribution in [2.24, 2.45) is 5.92 Å². The Morgan fingerprint density at radius 1 is 1.32 bits per heavy atom. The van der Waals surface area contributed by atoms with Crippen molar-refractivity contribution in [3.05, 3.63) is 17.8 Å². The Kier molecular flexibility index (Phi) is 5.90. The largest absolute Gasteiger partial charge is 0.446 e. The molecule has 1 saturated carbocycles. The van der Waals surface area contributed by atoms with E-state index in [9.17, 15) is 0 Å². The van der Waals surface area contributed by atoms with Gasteiger partial charge in [0, 0.05) is 18.9 Å². The summed E-state index contributed by atoms with van der Waals surface area (Å²) in [5.41, 5.74) is 0. The third-order valence-electron chi connectivity index (χ3n) is 3.94. The standard InChI is InChI=1S/C16H28N2O/c1-13(2)17-10-6-9-16-18-12-15(19-16)11-14-7-4-3-5-8-14/h12-14,17H,3-11H2,1-2H3. The first kappa shape index (κ1) is 14.6. The van der Waals surface area contributed by atoms with Crippen LogP contribution in [0.2, 0.25) is 0 Å². The van der Waals surface area contributed by atoms with Crippen molar-refractivity contribution >= 4 is 0 Å². The van der Waals surface area contributed by atoms with Crippen LogP contribution in [0.3, 0.4) is 0 Å². The second-order valence-electron chi connectivity index (χ2n) is 6.14. The van der Waals surface area contributed by atoms with Gasteiger partial charge in [-0.25, -0.2) is 4.98 Å². The van der Waals surface area contributed by atoms with Crippen LogP contribution in [0.1, 0.15) is 64.0 Å². The van der Waals surface area contributed by atoms with E-state index in [0.29, 0.717) is 6.04 Å². The van der Waals surface area contributed by atoms with Gasteiger partial charge in [0.25, 0.3) is 0 Å². The minimum absolute atomic E-state index is 0.562. The predicted molar refractivity (Wildman–Crippen MR) is 78.2 cm³/mol. The monoisotopic (exact) mass is 264 g/mol. The SMILES string of the molecule is CC(C)NCCCc1ncc(CC2CCCCC2)o1. The number of oxazole rings is 1. The molecule has 0 unspecified atom stereocenters. The van der Waals surface area contributed by atoms with Crippen LogP contribution in [-0.4, -0.2) is 17.6 Å². The van der Waals surface area contributed by atoms with Gasteiger partial charge in [-0.2, -0.15) is 0 Å². The van der Waals surface area contributed by atoms with E-state index in [4.69, 9.17) is 4.42 Å². The van der Waals surface area contributed by atoms with Crippen molar-refractivity contribution in [1.82, 2.24) is 10.3 Å². The molecule has 3 heteroatoms. The van der Waals surface area contributed by atoms with Gasteiger partial charge in [0.1, 0.15) is 5.76 Å². The predicted octanol–water partition coefficient (Wildman–Crippen LogP) is 3.73. The highest BCUT2D eigenvalue weighted by molar-refractivity contribution is 4.96. The molecule has 1 aliphatic rings. The Balaban J connectivity index is 1.69. The highest BCUT2D eigenvalue weighted by atomic mass is 16.4. The summed E-state index contributed by atoms with van der Waals surface area (Å²) in [6.45, 7) is 5.39. The molecule has 0 amide bonds. The van der Waals surface area contributed by atoms with Gasteiger partial charge in [-0.1, -0.05) is 46.0 Å². The van der Waals surface area contributed by atoms with Crippen molar-refractivity contribution in [2.45, 2.75) is 71.3 Å². The number of nitrogens with zero attached hydrogens (tertiary/aromatic N) is 1. The average Bonchev–Trinajstić information content (AvgIpc) is 2.83. The Morgan fingerprint density at radius 3 is 2.84 bits per heavy atom. The molecule has 0 saturated heterocycles. The molecule has 2 rings (SSSR count). The molecule has 1 fully saturated rings. The van der Waals surface area contributed by atoms with Crippen molar-refractivity contribution in [3.63, 3.8) is 0 Å². The zero-order valence-electron chi connectivity index (χ0n) is 12.5. The molecule has 0 bridgehead atoms. The Hall–Kier alpha value is -0.830. The number of hydrogen-bond acceptors (Lipinski definition) is 3. The summed E-state index contributed by atoms with van der Waals surface area (Å²) in [6, 6.07) is 0.562. The second-order valence-corrected chi connectivity index (χ2v) is 6.14. The van der Waals surface area contributed by atoms with Crippen LogP contribution in [0.25, 0.3) is 0 Å². The Morgan fingerprint density at radius 2 is 2.11 bits per heavy atom. The minimum Gasteiger partial charge on any atom is -0.446 e. The van der Waals surface area contributed by atoms with Gasteiger partial charge >= 0.3 is 0 Å². The van der Waals surface area contributed by atoms with Crippen LogP contribution in [0.15, 0.2) is 10.6 Å². The molecule has 108 valence electrons. The van der Waals surface area contributed by atoms with Gasteiger partial charge in [0.05, 0.1) is 6.20 Å². The molecular weight excluding hydrogens is 236 g/mol. The van der Waals surface area contributed by atoms with Gasteiger partial charge in [0.15, 0.2) is 5.89 Å². The summed E-state index contributed by atoms with van der Waals surface area (Å²) < 4.78 is 5.85. The van der Waals surface area contributed by atoms with E-state index in [-0.39, 0.29) is 0 Å². The number of rotatable bonds is 7. The molecule has 0 aromatic carbocycles. The van der Waals surface area contributed by atoms with Gasteiger partial charge in [-0.3, -0.25) is 0 Å². The zero-order valence-corrected chi connectivity index (χ0v) is 12.5. The maximum Gasteiger partial charge on any atom is 0.194 e. The van der Waals surface area contributed by atoms with E-state index in [1.54, 1.807) is 0 Å². The number of aromatic nitrogens is 1. The molecule has 1 aromatic rings. The first-order chi connectivity index (χ1) is 9.24. The molecule has 0 radical (unpaired) electrons. The fourth-order valence-electron chi connectivity index (χ4n) is 2.86. The third-order valence-corrected chi connectivity index (χ3v) is 3.94. The molecule has 1 aromatic heterocycles. The van der Waals surface area contributed by atoms with E-state index < -0.39 is 0 Å². The summed E-state index contributed by atoms with van der Waals surface area (Å²) in [7, 11) is 0. The minimum atomic E-state index is 0.562. The molecular formula is C16H28N2O. The van der Waals surface area contributed by atoms with Crippen molar-refractivity contribution in [1.29, 1.82) is 0 Å². The molecule has 1 heterocycles. The van der Waals surface area contributed by atoms with E-state index in [1.807, 2.05) is 6.20 Å². The third kappa shape index (κ3) is 5.35. The summed E-state index contributed by atoms with van der Waals surface area (Å²) in [5, 5.41) is 3.42. The lowest BCUT2D eigenvalue weighted by atomic mass is 9.86. The van der Waals surface area contributed by atoms with E-state index in [2.05, 4.69) is 24.1 Å². The molecule has 1 aliphatic carbocycles. The summed E-state index contributed by atoms with van der Waals surface area (Å²) in [4.78, 5) is 4.40. The van der Waals surface area contributed by atoms with Crippen LogP contribution in [0, 0.1) is 5.92 Å². The van der Waals surface area contributed by atoms with Crippen LogP contribution in [0.4, 0.5) is 0 Å². The lowest BCUT2D eigenvalue weighted by Crippen LogP contribution is -2.23. The van der Waals surface area contributed by atoms with Gasteiger partial charge in [-0.15, -0.1) is 0 Å². The number of hydrogen-bond donors (Lipinski definition) is 1. The molecule has 3 nitrogen and oxygen atoms in total. The van der Waals surface area contributed by atoms with Crippen molar-refractivity contribution in [2.75, 3.05) is 6.54 Å². The fraction of sp³-hybridized carbons (Fsp3) is 0.812. The first-order valence-electron chi connectivity index (χ1n) is 7.91. The summed E-state index contributed by atoms with van der Waals surface area (Å²) in [6.07, 6.45) is 12.0. The number of aryl methyl sites for hydroxylation is 1. The van der Waals surface area contributed by atoms with Crippen molar-refractivity contribution < 1.29 is 4.42 Å². The highest BCUT2D eigenvalue weighted by Crippen LogP contribution is 2.27. The fourth-order valence-corrected chi connectivity index (χ4v) is 2.86. The normalized spacial score (nSPS) is 17.2. The zero-order chi connectivity index (χ0) is 13.5. The van der Waals surface area contributed by atoms with Crippen molar-refractivity contribution in [3.8, 4) is 0 Å². The van der Waals surface area contributed by atoms with E-state index in [1.165, 1.54) is 32.1 Å². The van der Waals surface area contributed by atoms with Gasteiger partial charge in [0.2, 0.25) is 0 Å². The van der Waals surface area contributed by atoms with Gasteiger partial charge in [-0.05, 0) is 18.9 Å². The Bertz CT molecular complexity index is 353. The quantitative estimate of drug-likeness (QED) is 0.763. The van der Waals surface area contributed by atoms with Crippen LogP contribution in [-0.2, 0) is 12.8 Å². The smallest absolute Gasteiger partial charge is 0.194 e. The lowest BCUT2D eigenvalue weighted by molar-refractivity contribution is 0.328. The molecule has 19 heavy (non-hydrogen) atoms. The molecule has 0 aliphatic heterocycles. The summed E-state index contributed by atoms with van der Waals surface area (Å²) >= 11 is 0. The van der Waals surface area contributed by atoms with Crippen LogP contribution in [0.5, 0.6) is 0 Å². The molecule has 1 N–H and O–H groups in total. The summed E-state index contributed by atoms with van der Waals surface area (Å²) in [5.74, 6) is 2.84. The second kappa shape index (κ2) is 7.68. The van der Waals surface area contributed by atoms with Gasteiger partial charge < -0.3 is 9.73 Å². The number of nitrogens with one attached hydrogen (secondary N) is 1. The topological polar surface area (TPSA) is 38.1 Å².